The third-order valence-electron chi connectivity index (χ3n) is 6.94. The second-order valence-electron chi connectivity index (χ2n) is 11.7. The summed E-state index contributed by atoms with van der Waals surface area (Å²) >= 11 is 6.52. The zero-order chi connectivity index (χ0) is 31.9. The topological polar surface area (TPSA) is 86.8 Å². The van der Waals surface area contributed by atoms with Gasteiger partial charge in [0.1, 0.15) is 12.6 Å². The molecule has 0 saturated carbocycles. The van der Waals surface area contributed by atoms with Gasteiger partial charge in [-0.3, -0.25) is 13.9 Å². The van der Waals surface area contributed by atoms with E-state index in [9.17, 15) is 18.0 Å². The molecule has 2 amide bonds. The summed E-state index contributed by atoms with van der Waals surface area (Å²) in [6.07, 6.45) is 0.234. The van der Waals surface area contributed by atoms with Crippen LogP contribution in [0.2, 0.25) is 5.02 Å². The first-order chi connectivity index (χ1) is 20.8. The number of sulfonamides is 1. The fourth-order valence-electron chi connectivity index (χ4n) is 4.90. The van der Waals surface area contributed by atoms with Crippen molar-refractivity contribution in [2.45, 2.75) is 57.1 Å². The number of aryl methyl sites for hydroxylation is 1. The summed E-state index contributed by atoms with van der Waals surface area (Å²) in [6, 6.07) is 30.6. The fraction of sp³-hybridized carbons (Fsp3) is 0.257. The zero-order valence-corrected chi connectivity index (χ0v) is 27.0. The van der Waals surface area contributed by atoms with Crippen molar-refractivity contribution in [1.29, 1.82) is 0 Å². The van der Waals surface area contributed by atoms with Crippen molar-refractivity contribution in [2.24, 2.45) is 0 Å². The summed E-state index contributed by atoms with van der Waals surface area (Å²) in [5, 5.41) is 3.21. The summed E-state index contributed by atoms with van der Waals surface area (Å²) < 4.78 is 29.1. The molecule has 0 aliphatic carbocycles. The number of nitrogens with one attached hydrogen (secondary N) is 1. The van der Waals surface area contributed by atoms with Crippen molar-refractivity contribution >= 4 is 39.1 Å². The van der Waals surface area contributed by atoms with Gasteiger partial charge in [0, 0.05) is 18.5 Å². The van der Waals surface area contributed by atoms with E-state index in [2.05, 4.69) is 5.32 Å². The maximum atomic E-state index is 14.5. The highest BCUT2D eigenvalue weighted by atomic mass is 35.5. The number of hydrogen-bond acceptors (Lipinski definition) is 4. The Balaban J connectivity index is 1.82. The summed E-state index contributed by atoms with van der Waals surface area (Å²) in [7, 11) is -4.22. The van der Waals surface area contributed by atoms with Crippen molar-refractivity contribution in [3.63, 3.8) is 0 Å². The van der Waals surface area contributed by atoms with E-state index in [-0.39, 0.29) is 34.5 Å². The van der Waals surface area contributed by atoms with Gasteiger partial charge in [-0.15, -0.1) is 0 Å². The Morgan fingerprint density at radius 3 is 2.02 bits per heavy atom. The Morgan fingerprint density at radius 2 is 1.41 bits per heavy atom. The lowest BCUT2D eigenvalue weighted by Gasteiger charge is -2.35. The largest absolute Gasteiger partial charge is 0.350 e. The average molecular weight is 632 g/mol. The van der Waals surface area contributed by atoms with Crippen LogP contribution in [0.3, 0.4) is 0 Å². The second-order valence-corrected chi connectivity index (χ2v) is 14.0. The number of para-hydroxylation sites is 1. The number of hydrogen-bond donors (Lipinski definition) is 1. The highest BCUT2D eigenvalue weighted by Gasteiger charge is 2.36. The lowest BCUT2D eigenvalue weighted by atomic mass is 10.0. The zero-order valence-electron chi connectivity index (χ0n) is 25.4. The van der Waals surface area contributed by atoms with Gasteiger partial charge >= 0.3 is 0 Å². The maximum Gasteiger partial charge on any atom is 0.264 e. The van der Waals surface area contributed by atoms with Crippen LogP contribution >= 0.6 is 11.6 Å². The smallest absolute Gasteiger partial charge is 0.264 e. The molecule has 0 fully saturated rings. The lowest BCUT2D eigenvalue weighted by Crippen LogP contribution is -2.56. The van der Waals surface area contributed by atoms with Crippen molar-refractivity contribution in [2.75, 3.05) is 10.8 Å². The van der Waals surface area contributed by atoms with Gasteiger partial charge in [-0.05, 0) is 63.1 Å². The molecule has 4 aromatic rings. The Morgan fingerprint density at radius 1 is 0.818 bits per heavy atom. The van der Waals surface area contributed by atoms with Gasteiger partial charge in [-0.2, -0.15) is 0 Å². The molecule has 0 spiro atoms. The van der Waals surface area contributed by atoms with E-state index in [1.807, 2.05) is 82.3 Å². The van der Waals surface area contributed by atoms with Crippen molar-refractivity contribution < 1.29 is 18.0 Å². The summed E-state index contributed by atoms with van der Waals surface area (Å²) in [6.45, 7) is 7.11. The molecule has 44 heavy (non-hydrogen) atoms. The van der Waals surface area contributed by atoms with Crippen LogP contribution in [0.4, 0.5) is 5.69 Å². The van der Waals surface area contributed by atoms with Crippen molar-refractivity contribution in [3.05, 3.63) is 131 Å². The minimum absolute atomic E-state index is 0.0178. The van der Waals surface area contributed by atoms with Gasteiger partial charge in [-0.1, -0.05) is 102 Å². The predicted molar refractivity (Wildman–Crippen MR) is 176 cm³/mol. The lowest BCUT2D eigenvalue weighted by molar-refractivity contribution is -0.140. The SMILES string of the molecule is Cc1cccc(CN(C(=O)CN(c2ccccc2Cl)S(=O)(=O)c2ccccc2)C(Cc2ccccc2)C(=O)NC(C)(C)C)c1. The first kappa shape index (κ1) is 32.8. The monoisotopic (exact) mass is 631 g/mol. The number of amides is 2. The maximum absolute atomic E-state index is 14.5. The van der Waals surface area contributed by atoms with Gasteiger partial charge in [0.2, 0.25) is 11.8 Å². The summed E-state index contributed by atoms with van der Waals surface area (Å²) in [5.74, 6) is -0.881. The molecule has 0 aliphatic heterocycles. The van der Waals surface area contributed by atoms with Gasteiger partial charge < -0.3 is 10.2 Å². The Hall–Kier alpha value is -4.14. The first-order valence-electron chi connectivity index (χ1n) is 14.4. The van der Waals surface area contributed by atoms with Crippen molar-refractivity contribution in [3.8, 4) is 0 Å². The number of halogens is 1. The Labute approximate surface area is 265 Å². The number of rotatable bonds is 11. The molecule has 0 bridgehead atoms. The quantitative estimate of drug-likeness (QED) is 0.208. The van der Waals surface area contributed by atoms with Crippen LogP contribution in [0.1, 0.15) is 37.5 Å². The predicted octanol–water partition coefficient (Wildman–Crippen LogP) is 6.40. The molecule has 1 unspecified atom stereocenters. The standard InChI is InChI=1S/C35H38ClN3O4S/c1-26-14-13-17-28(22-26)24-38(32(34(41)37-35(2,3)4)23-27-15-7-5-8-16-27)33(40)25-39(31-21-12-11-20-30(31)36)44(42,43)29-18-9-6-10-19-29/h5-22,32H,23-25H2,1-4H3,(H,37,41). The number of anilines is 1. The Bertz CT molecular complexity index is 1690. The molecule has 4 aromatic carbocycles. The Kier molecular flexibility index (Phi) is 10.5. The molecule has 1 N–H and O–H groups in total. The minimum atomic E-state index is -4.22. The van der Waals surface area contributed by atoms with Crippen LogP contribution in [0.25, 0.3) is 0 Å². The molecular formula is C35H38ClN3O4S. The van der Waals surface area contributed by atoms with Crippen LogP contribution in [0.5, 0.6) is 0 Å². The molecular weight excluding hydrogens is 594 g/mol. The van der Waals surface area contributed by atoms with E-state index in [1.165, 1.54) is 17.0 Å². The molecule has 0 saturated heterocycles. The molecule has 1 atom stereocenters. The number of nitrogens with zero attached hydrogens (tertiary/aromatic N) is 2. The third kappa shape index (κ3) is 8.49. The van der Waals surface area contributed by atoms with Gasteiger partial charge in [0.05, 0.1) is 15.6 Å². The molecule has 7 nitrogen and oxygen atoms in total. The van der Waals surface area contributed by atoms with Crippen LogP contribution in [0, 0.1) is 6.92 Å². The summed E-state index contributed by atoms with van der Waals surface area (Å²) in [4.78, 5) is 29.9. The van der Waals surface area contributed by atoms with Crippen LogP contribution < -0.4 is 9.62 Å². The van der Waals surface area contributed by atoms with Gasteiger partial charge in [0.25, 0.3) is 10.0 Å². The van der Waals surface area contributed by atoms with E-state index in [4.69, 9.17) is 11.6 Å². The minimum Gasteiger partial charge on any atom is -0.350 e. The van der Waals surface area contributed by atoms with E-state index < -0.39 is 34.1 Å². The molecule has 0 heterocycles. The van der Waals surface area contributed by atoms with E-state index in [0.29, 0.717) is 0 Å². The molecule has 9 heteroatoms. The number of carbonyl (C=O) groups excluding carboxylic acids is 2. The van der Waals surface area contributed by atoms with Crippen LogP contribution in [0.15, 0.2) is 114 Å². The average Bonchev–Trinajstić information content (AvgIpc) is 2.98. The number of benzene rings is 4. The molecule has 0 aliphatic rings. The highest BCUT2D eigenvalue weighted by molar-refractivity contribution is 7.92. The molecule has 230 valence electrons. The molecule has 0 radical (unpaired) electrons. The third-order valence-corrected chi connectivity index (χ3v) is 9.03. The van der Waals surface area contributed by atoms with Crippen LogP contribution in [-0.4, -0.2) is 43.3 Å². The van der Waals surface area contributed by atoms with E-state index in [0.717, 1.165) is 21.0 Å². The van der Waals surface area contributed by atoms with Crippen LogP contribution in [-0.2, 0) is 32.6 Å². The van der Waals surface area contributed by atoms with E-state index in [1.54, 1.807) is 42.5 Å². The molecule has 0 aromatic heterocycles. The second kappa shape index (κ2) is 14.1. The van der Waals surface area contributed by atoms with Gasteiger partial charge in [0.15, 0.2) is 0 Å². The molecule has 4 rings (SSSR count). The van der Waals surface area contributed by atoms with Gasteiger partial charge in [-0.25, -0.2) is 8.42 Å². The number of carbonyl (C=O) groups is 2. The first-order valence-corrected chi connectivity index (χ1v) is 16.2. The fourth-order valence-corrected chi connectivity index (χ4v) is 6.64. The van der Waals surface area contributed by atoms with E-state index >= 15 is 0 Å². The highest BCUT2D eigenvalue weighted by Crippen LogP contribution is 2.31. The van der Waals surface area contributed by atoms with Crippen molar-refractivity contribution in [1.82, 2.24) is 10.2 Å². The summed E-state index contributed by atoms with van der Waals surface area (Å²) in [5.41, 5.74) is 2.28. The normalized spacial score (nSPS) is 12.3.